The molecule has 29 heavy (non-hydrogen) atoms. The molecule has 172 valence electrons. The smallest absolute Gasteiger partial charge is 0.306 e. The van der Waals surface area contributed by atoms with E-state index in [-0.39, 0.29) is 12.3 Å². The molecule has 2 N–H and O–H groups in total. The minimum atomic E-state index is -0.745. The van der Waals surface area contributed by atoms with Crippen molar-refractivity contribution < 1.29 is 19.8 Å². The van der Waals surface area contributed by atoms with Gasteiger partial charge in [0.05, 0.1) is 5.92 Å². The molecule has 0 aliphatic rings. The number of rotatable bonds is 22. The Morgan fingerprint density at radius 1 is 0.552 bits per heavy atom. The SMILES string of the molecule is CC(C)CCCCCCCCCCCCCC(CCCCCCC(=O)O)C(=O)O. The van der Waals surface area contributed by atoms with Gasteiger partial charge in [0.25, 0.3) is 0 Å². The van der Waals surface area contributed by atoms with Gasteiger partial charge >= 0.3 is 11.9 Å². The lowest BCUT2D eigenvalue weighted by atomic mass is 9.94. The summed E-state index contributed by atoms with van der Waals surface area (Å²) in [5.74, 6) is -0.782. The van der Waals surface area contributed by atoms with Gasteiger partial charge in [-0.1, -0.05) is 110 Å². The van der Waals surface area contributed by atoms with Gasteiger partial charge in [-0.2, -0.15) is 0 Å². The molecule has 1 atom stereocenters. The standard InChI is InChI=1S/C25H48O4/c1-22(2)18-14-10-8-6-4-3-5-7-9-11-15-19-23(25(28)29)20-16-12-13-17-21-24(26)27/h22-23H,3-21H2,1-2H3,(H,26,27)(H,28,29). The van der Waals surface area contributed by atoms with Gasteiger partial charge in [-0.25, -0.2) is 0 Å². The van der Waals surface area contributed by atoms with Gasteiger partial charge in [0.15, 0.2) is 0 Å². The molecule has 0 aromatic carbocycles. The molecule has 0 aromatic rings. The number of hydrogen-bond acceptors (Lipinski definition) is 2. The fourth-order valence-electron chi connectivity index (χ4n) is 3.95. The summed E-state index contributed by atoms with van der Waals surface area (Å²) >= 11 is 0. The van der Waals surface area contributed by atoms with Crippen LogP contribution < -0.4 is 0 Å². The van der Waals surface area contributed by atoms with Crippen LogP contribution in [0.2, 0.25) is 0 Å². The Balaban J connectivity index is 3.44. The van der Waals surface area contributed by atoms with E-state index in [1.54, 1.807) is 0 Å². The van der Waals surface area contributed by atoms with E-state index in [2.05, 4.69) is 13.8 Å². The highest BCUT2D eigenvalue weighted by Crippen LogP contribution is 2.20. The molecule has 4 nitrogen and oxygen atoms in total. The molecule has 0 aliphatic heterocycles. The quantitative estimate of drug-likeness (QED) is 0.178. The predicted molar refractivity (Wildman–Crippen MR) is 121 cm³/mol. The lowest BCUT2D eigenvalue weighted by molar-refractivity contribution is -0.142. The first kappa shape index (κ1) is 27.9. The van der Waals surface area contributed by atoms with Crippen LogP contribution in [-0.4, -0.2) is 22.2 Å². The number of carbonyl (C=O) groups is 2. The van der Waals surface area contributed by atoms with E-state index < -0.39 is 11.9 Å². The fraction of sp³-hybridized carbons (Fsp3) is 0.920. The van der Waals surface area contributed by atoms with Crippen LogP contribution in [0.3, 0.4) is 0 Å². The molecule has 4 heteroatoms. The number of hydrogen-bond donors (Lipinski definition) is 2. The molecule has 0 saturated heterocycles. The zero-order valence-corrected chi connectivity index (χ0v) is 19.3. The van der Waals surface area contributed by atoms with Gasteiger partial charge in [0, 0.05) is 6.42 Å². The second-order valence-electron chi connectivity index (χ2n) is 9.24. The van der Waals surface area contributed by atoms with Crippen molar-refractivity contribution in [1.29, 1.82) is 0 Å². The molecule has 0 fully saturated rings. The molecule has 0 rings (SSSR count). The average molecular weight is 413 g/mol. The van der Waals surface area contributed by atoms with Crippen LogP contribution in [0.4, 0.5) is 0 Å². The summed E-state index contributed by atoms with van der Waals surface area (Å²) < 4.78 is 0. The van der Waals surface area contributed by atoms with Crippen LogP contribution in [0.1, 0.15) is 136 Å². The van der Waals surface area contributed by atoms with Crippen molar-refractivity contribution in [1.82, 2.24) is 0 Å². The Morgan fingerprint density at radius 3 is 1.24 bits per heavy atom. The summed E-state index contributed by atoms with van der Waals surface area (Å²) in [6.07, 6.45) is 20.8. The molecular formula is C25H48O4. The molecule has 0 aliphatic carbocycles. The van der Waals surface area contributed by atoms with Crippen molar-refractivity contribution in [3.63, 3.8) is 0 Å². The summed E-state index contributed by atoms with van der Waals surface area (Å²) in [6, 6.07) is 0. The van der Waals surface area contributed by atoms with Crippen LogP contribution in [0, 0.1) is 11.8 Å². The third-order valence-corrected chi connectivity index (χ3v) is 5.88. The minimum absolute atomic E-state index is 0.217. The fourth-order valence-corrected chi connectivity index (χ4v) is 3.95. The van der Waals surface area contributed by atoms with Gasteiger partial charge in [-0.3, -0.25) is 9.59 Å². The van der Waals surface area contributed by atoms with E-state index in [9.17, 15) is 14.7 Å². The molecule has 0 heterocycles. The lowest BCUT2D eigenvalue weighted by Crippen LogP contribution is -2.13. The van der Waals surface area contributed by atoms with Gasteiger partial charge < -0.3 is 10.2 Å². The molecule has 0 spiro atoms. The van der Waals surface area contributed by atoms with Crippen molar-refractivity contribution in [2.75, 3.05) is 0 Å². The Kier molecular flexibility index (Phi) is 19.5. The third-order valence-electron chi connectivity index (χ3n) is 5.88. The maximum atomic E-state index is 11.4. The van der Waals surface area contributed by atoms with Crippen LogP contribution >= 0.6 is 0 Å². The number of aliphatic carboxylic acids is 2. The average Bonchev–Trinajstić information content (AvgIpc) is 2.65. The van der Waals surface area contributed by atoms with Gasteiger partial charge in [0.2, 0.25) is 0 Å². The Morgan fingerprint density at radius 2 is 0.897 bits per heavy atom. The summed E-state index contributed by atoms with van der Waals surface area (Å²) in [5, 5.41) is 18.0. The maximum Gasteiger partial charge on any atom is 0.306 e. The number of carboxylic acids is 2. The highest BCUT2D eigenvalue weighted by atomic mass is 16.4. The normalized spacial score (nSPS) is 12.4. The zero-order valence-electron chi connectivity index (χ0n) is 19.3. The molecular weight excluding hydrogens is 364 g/mol. The Labute approximate surface area is 179 Å². The first-order chi connectivity index (χ1) is 13.9. The maximum absolute atomic E-state index is 11.4. The van der Waals surface area contributed by atoms with Crippen molar-refractivity contribution in [2.24, 2.45) is 11.8 Å². The van der Waals surface area contributed by atoms with Crippen molar-refractivity contribution in [3.8, 4) is 0 Å². The van der Waals surface area contributed by atoms with E-state index in [0.29, 0.717) is 6.42 Å². The molecule has 0 aromatic heterocycles. The summed E-state index contributed by atoms with van der Waals surface area (Å²) in [4.78, 5) is 21.9. The van der Waals surface area contributed by atoms with Gasteiger partial charge in [-0.05, 0) is 25.2 Å². The zero-order chi connectivity index (χ0) is 21.7. The van der Waals surface area contributed by atoms with Gasteiger partial charge in [0.1, 0.15) is 0 Å². The highest BCUT2D eigenvalue weighted by molar-refractivity contribution is 5.69. The van der Waals surface area contributed by atoms with Crippen LogP contribution in [0.25, 0.3) is 0 Å². The second kappa shape index (κ2) is 20.2. The first-order valence-corrected chi connectivity index (χ1v) is 12.4. The second-order valence-corrected chi connectivity index (χ2v) is 9.24. The third kappa shape index (κ3) is 21.5. The minimum Gasteiger partial charge on any atom is -0.481 e. The van der Waals surface area contributed by atoms with E-state index >= 15 is 0 Å². The van der Waals surface area contributed by atoms with Gasteiger partial charge in [-0.15, -0.1) is 0 Å². The van der Waals surface area contributed by atoms with E-state index in [0.717, 1.165) is 50.9 Å². The summed E-state index contributed by atoms with van der Waals surface area (Å²) in [7, 11) is 0. The van der Waals surface area contributed by atoms with Crippen LogP contribution in [-0.2, 0) is 9.59 Å². The van der Waals surface area contributed by atoms with E-state index in [1.807, 2.05) is 0 Å². The largest absolute Gasteiger partial charge is 0.481 e. The van der Waals surface area contributed by atoms with Crippen LogP contribution in [0.15, 0.2) is 0 Å². The van der Waals surface area contributed by atoms with E-state index in [4.69, 9.17) is 5.11 Å². The van der Waals surface area contributed by atoms with E-state index in [1.165, 1.54) is 64.2 Å². The summed E-state index contributed by atoms with van der Waals surface area (Å²) in [5.41, 5.74) is 0. The number of carboxylic acid groups (broad SMARTS) is 2. The van der Waals surface area contributed by atoms with Crippen molar-refractivity contribution in [2.45, 2.75) is 136 Å². The Bertz CT molecular complexity index is 392. The topological polar surface area (TPSA) is 74.6 Å². The van der Waals surface area contributed by atoms with Crippen molar-refractivity contribution in [3.05, 3.63) is 0 Å². The van der Waals surface area contributed by atoms with Crippen LogP contribution in [0.5, 0.6) is 0 Å². The molecule has 0 radical (unpaired) electrons. The monoisotopic (exact) mass is 412 g/mol. The lowest BCUT2D eigenvalue weighted by Gasteiger charge is -2.12. The molecule has 0 bridgehead atoms. The molecule has 0 saturated carbocycles. The number of unbranched alkanes of at least 4 members (excludes halogenated alkanes) is 13. The van der Waals surface area contributed by atoms with Crippen molar-refractivity contribution >= 4 is 11.9 Å². The predicted octanol–water partition coefficient (Wildman–Crippen LogP) is 7.84. The summed E-state index contributed by atoms with van der Waals surface area (Å²) in [6.45, 7) is 4.60. The molecule has 0 amide bonds. The first-order valence-electron chi connectivity index (χ1n) is 12.4. The highest BCUT2D eigenvalue weighted by Gasteiger charge is 2.16. The molecule has 1 unspecified atom stereocenters. The Hall–Kier alpha value is -1.06.